The second-order valence-corrected chi connectivity index (χ2v) is 4.03. The van der Waals surface area contributed by atoms with Gasteiger partial charge in [0, 0.05) is 11.8 Å². The number of nitriles is 1. The highest BCUT2D eigenvalue weighted by atomic mass is 19.1. The van der Waals surface area contributed by atoms with Crippen LogP contribution in [0.1, 0.15) is 11.3 Å². The Hall–Kier alpha value is -3.01. The lowest BCUT2D eigenvalue weighted by Crippen LogP contribution is -2.00. The molecule has 0 aliphatic carbocycles. The minimum Gasteiger partial charge on any atom is -0.437 e. The van der Waals surface area contributed by atoms with Crippen LogP contribution >= 0.6 is 0 Å². The van der Waals surface area contributed by atoms with Gasteiger partial charge in [-0.3, -0.25) is 0 Å². The lowest BCUT2D eigenvalue weighted by Gasteiger charge is -2.09. The number of rotatable bonds is 2. The van der Waals surface area contributed by atoms with Gasteiger partial charge < -0.3 is 4.74 Å². The molecule has 6 nitrogen and oxygen atoms in total. The summed E-state index contributed by atoms with van der Waals surface area (Å²) in [6.45, 7) is 1.78. The van der Waals surface area contributed by atoms with Crippen molar-refractivity contribution in [3.63, 3.8) is 0 Å². The van der Waals surface area contributed by atoms with Gasteiger partial charge in [-0.05, 0) is 19.1 Å². The number of aromatic nitrogens is 4. The fraction of sp³-hybridized carbons (Fsp3) is 0.0769. The van der Waals surface area contributed by atoms with Gasteiger partial charge >= 0.3 is 0 Å². The van der Waals surface area contributed by atoms with Crippen LogP contribution in [0.4, 0.5) is 4.39 Å². The van der Waals surface area contributed by atoms with Crippen molar-refractivity contribution in [1.82, 2.24) is 19.6 Å². The van der Waals surface area contributed by atoms with Crippen LogP contribution in [-0.2, 0) is 0 Å². The SMILES string of the molecule is Cc1cc(Oc2cccc(F)c2C#N)n2ncnc2n1. The van der Waals surface area contributed by atoms with E-state index in [-0.39, 0.29) is 11.3 Å². The smallest absolute Gasteiger partial charge is 0.255 e. The van der Waals surface area contributed by atoms with Crippen LogP contribution in [0.5, 0.6) is 11.6 Å². The fourth-order valence-electron chi connectivity index (χ4n) is 1.78. The Morgan fingerprint density at radius 1 is 1.40 bits per heavy atom. The van der Waals surface area contributed by atoms with E-state index in [1.807, 2.05) is 0 Å². The highest BCUT2D eigenvalue weighted by Gasteiger charge is 2.13. The maximum atomic E-state index is 13.5. The molecule has 20 heavy (non-hydrogen) atoms. The Morgan fingerprint density at radius 3 is 3.05 bits per heavy atom. The van der Waals surface area contributed by atoms with E-state index in [0.29, 0.717) is 17.4 Å². The van der Waals surface area contributed by atoms with Gasteiger partial charge in [0.2, 0.25) is 5.88 Å². The zero-order valence-corrected chi connectivity index (χ0v) is 10.4. The third-order valence-corrected chi connectivity index (χ3v) is 2.65. The summed E-state index contributed by atoms with van der Waals surface area (Å²) in [5.41, 5.74) is 0.519. The van der Waals surface area contributed by atoms with Crippen molar-refractivity contribution in [3.05, 3.63) is 47.7 Å². The first-order valence-corrected chi connectivity index (χ1v) is 5.73. The molecule has 0 spiro atoms. The van der Waals surface area contributed by atoms with E-state index in [2.05, 4.69) is 15.1 Å². The molecular formula is C13H8FN5O. The fourth-order valence-corrected chi connectivity index (χ4v) is 1.78. The minimum absolute atomic E-state index is 0.120. The number of halogens is 1. The van der Waals surface area contributed by atoms with Crippen molar-refractivity contribution in [2.75, 3.05) is 0 Å². The second kappa shape index (κ2) is 4.59. The Balaban J connectivity index is 2.13. The molecule has 0 atom stereocenters. The summed E-state index contributed by atoms with van der Waals surface area (Å²) in [7, 11) is 0. The van der Waals surface area contributed by atoms with Gasteiger partial charge in [-0.15, -0.1) is 0 Å². The Bertz CT molecular complexity index is 836. The Morgan fingerprint density at radius 2 is 2.25 bits per heavy atom. The number of ether oxygens (including phenoxy) is 1. The van der Waals surface area contributed by atoms with Gasteiger partial charge in [-0.2, -0.15) is 19.9 Å². The summed E-state index contributed by atoms with van der Waals surface area (Å²) >= 11 is 0. The molecule has 0 amide bonds. The highest BCUT2D eigenvalue weighted by molar-refractivity contribution is 5.46. The van der Waals surface area contributed by atoms with Crippen LogP contribution in [0, 0.1) is 24.1 Å². The molecule has 0 aliphatic heterocycles. The maximum Gasteiger partial charge on any atom is 0.255 e. The number of nitrogens with zero attached hydrogens (tertiary/aromatic N) is 5. The summed E-state index contributed by atoms with van der Waals surface area (Å²) < 4.78 is 20.5. The molecule has 0 fully saturated rings. The van der Waals surface area contributed by atoms with Crippen LogP contribution in [0.25, 0.3) is 5.78 Å². The van der Waals surface area contributed by atoms with Crippen molar-refractivity contribution in [2.24, 2.45) is 0 Å². The molecule has 0 radical (unpaired) electrons. The van der Waals surface area contributed by atoms with Gasteiger partial charge in [-0.25, -0.2) is 9.37 Å². The normalized spacial score (nSPS) is 10.4. The first-order chi connectivity index (χ1) is 9.69. The summed E-state index contributed by atoms with van der Waals surface area (Å²) in [6, 6.07) is 7.60. The maximum absolute atomic E-state index is 13.5. The summed E-state index contributed by atoms with van der Waals surface area (Å²) in [5, 5.41) is 13.0. The molecule has 0 saturated carbocycles. The van der Waals surface area contributed by atoms with Crippen LogP contribution in [0.2, 0.25) is 0 Å². The van der Waals surface area contributed by atoms with Gasteiger partial charge in [0.1, 0.15) is 29.5 Å². The summed E-state index contributed by atoms with van der Waals surface area (Å²) in [4.78, 5) is 8.13. The number of aryl methyl sites for hydroxylation is 1. The topological polar surface area (TPSA) is 76.1 Å². The average molecular weight is 269 g/mol. The number of fused-ring (bicyclic) bond motifs is 1. The van der Waals surface area contributed by atoms with E-state index in [0.717, 1.165) is 0 Å². The third kappa shape index (κ3) is 1.93. The van der Waals surface area contributed by atoms with Gasteiger partial charge in [0.15, 0.2) is 0 Å². The van der Waals surface area contributed by atoms with Gasteiger partial charge in [0.05, 0.1) is 0 Å². The van der Waals surface area contributed by atoms with E-state index in [4.69, 9.17) is 10.00 Å². The monoisotopic (exact) mass is 269 g/mol. The molecule has 7 heteroatoms. The first kappa shape index (κ1) is 12.0. The van der Waals surface area contributed by atoms with Crippen LogP contribution in [0.3, 0.4) is 0 Å². The lowest BCUT2D eigenvalue weighted by atomic mass is 10.2. The zero-order chi connectivity index (χ0) is 14.1. The summed E-state index contributed by atoms with van der Waals surface area (Å²) in [6.07, 6.45) is 1.34. The molecule has 2 aromatic heterocycles. The predicted molar refractivity (Wildman–Crippen MR) is 66.7 cm³/mol. The molecule has 0 unspecified atom stereocenters. The minimum atomic E-state index is -0.634. The summed E-state index contributed by atoms with van der Waals surface area (Å²) in [5.74, 6) is 0.169. The number of benzene rings is 1. The van der Waals surface area contributed by atoms with Crippen molar-refractivity contribution in [3.8, 4) is 17.7 Å². The average Bonchev–Trinajstić information content (AvgIpc) is 2.87. The number of hydrogen-bond donors (Lipinski definition) is 0. The first-order valence-electron chi connectivity index (χ1n) is 5.73. The molecule has 0 N–H and O–H groups in total. The van der Waals surface area contributed by atoms with Crippen molar-refractivity contribution < 1.29 is 9.13 Å². The second-order valence-electron chi connectivity index (χ2n) is 4.03. The van der Waals surface area contributed by atoms with E-state index in [9.17, 15) is 4.39 Å². The molecule has 3 aromatic rings. The van der Waals surface area contributed by atoms with Crippen molar-refractivity contribution in [2.45, 2.75) is 6.92 Å². The molecule has 0 aliphatic rings. The highest BCUT2D eigenvalue weighted by Crippen LogP contribution is 2.26. The van der Waals surface area contributed by atoms with Crippen LogP contribution < -0.4 is 4.74 Å². The van der Waals surface area contributed by atoms with Gasteiger partial charge in [-0.1, -0.05) is 6.07 Å². The quantitative estimate of drug-likeness (QED) is 0.713. The van der Waals surface area contributed by atoms with Gasteiger partial charge in [0.25, 0.3) is 5.78 Å². The van der Waals surface area contributed by atoms with E-state index >= 15 is 0 Å². The molecule has 3 rings (SSSR count). The molecular weight excluding hydrogens is 261 g/mol. The standard InChI is InChI=1S/C13H8FN5O/c1-8-5-12(19-13(18-8)16-7-17-19)20-11-4-2-3-10(14)9(11)6-15/h2-5,7H,1H3. The van der Waals surface area contributed by atoms with Crippen LogP contribution in [-0.4, -0.2) is 19.6 Å². The molecule has 2 heterocycles. The van der Waals surface area contributed by atoms with E-state index < -0.39 is 5.82 Å². The number of hydrogen-bond acceptors (Lipinski definition) is 5. The predicted octanol–water partition coefficient (Wildman–Crippen LogP) is 2.24. The third-order valence-electron chi connectivity index (χ3n) is 2.65. The molecule has 1 aromatic carbocycles. The molecule has 0 bridgehead atoms. The van der Waals surface area contributed by atoms with E-state index in [1.165, 1.54) is 29.0 Å². The van der Waals surface area contributed by atoms with Crippen LogP contribution in [0.15, 0.2) is 30.6 Å². The lowest BCUT2D eigenvalue weighted by molar-refractivity contribution is 0.439. The molecule has 0 saturated heterocycles. The van der Waals surface area contributed by atoms with Crippen molar-refractivity contribution >= 4 is 5.78 Å². The van der Waals surface area contributed by atoms with Crippen molar-refractivity contribution in [1.29, 1.82) is 5.26 Å². The van der Waals surface area contributed by atoms with E-state index in [1.54, 1.807) is 19.1 Å². The largest absolute Gasteiger partial charge is 0.437 e. The Kier molecular flexibility index (Phi) is 2.76. The molecule has 98 valence electrons. The Labute approximate surface area is 113 Å². The zero-order valence-electron chi connectivity index (χ0n) is 10.4.